The number of aliphatic carboxylic acids is 1. The Morgan fingerprint density at radius 2 is 1.74 bits per heavy atom. The quantitative estimate of drug-likeness (QED) is 0.637. The molecule has 7 atom stereocenters. The SMILES string of the molecule is C[C@]1(O)CC[C@@H]2[C@H](CC[C@]3(C)[C@H](C4=CC(=O)OC4)CC[C@@]23O)[C@@]1(C)C(=O)O. The van der Waals surface area contributed by atoms with Gasteiger partial charge in [0.25, 0.3) is 0 Å². The molecule has 0 amide bonds. The normalized spacial score (nSPS) is 52.0. The predicted octanol–water partition coefficient (Wildman–Crippen LogP) is 2.28. The van der Waals surface area contributed by atoms with E-state index in [4.69, 9.17) is 4.74 Å². The van der Waals surface area contributed by atoms with Gasteiger partial charge in [-0.3, -0.25) is 4.79 Å². The van der Waals surface area contributed by atoms with E-state index in [1.54, 1.807) is 19.9 Å². The summed E-state index contributed by atoms with van der Waals surface area (Å²) in [6.45, 7) is 5.66. The van der Waals surface area contributed by atoms with Gasteiger partial charge >= 0.3 is 11.9 Å². The summed E-state index contributed by atoms with van der Waals surface area (Å²) >= 11 is 0. The van der Waals surface area contributed by atoms with Crippen LogP contribution in [-0.2, 0) is 14.3 Å². The molecular weight excluding hydrogens is 348 g/mol. The van der Waals surface area contributed by atoms with Gasteiger partial charge in [0.1, 0.15) is 6.61 Å². The zero-order chi connectivity index (χ0) is 19.8. The van der Waals surface area contributed by atoms with Crippen molar-refractivity contribution >= 4 is 11.9 Å². The minimum Gasteiger partial charge on any atom is -0.481 e. The summed E-state index contributed by atoms with van der Waals surface area (Å²) in [4.78, 5) is 23.8. The Morgan fingerprint density at radius 1 is 1.07 bits per heavy atom. The van der Waals surface area contributed by atoms with Gasteiger partial charge in [-0.05, 0) is 75.7 Å². The summed E-state index contributed by atoms with van der Waals surface area (Å²) in [6, 6.07) is 0. The van der Waals surface area contributed by atoms with Crippen LogP contribution in [0.25, 0.3) is 0 Å². The van der Waals surface area contributed by atoms with Crippen LogP contribution in [0.5, 0.6) is 0 Å². The fraction of sp³-hybridized carbons (Fsp3) is 0.810. The number of carboxylic acid groups (broad SMARTS) is 1. The van der Waals surface area contributed by atoms with Crippen molar-refractivity contribution in [2.45, 2.75) is 70.5 Å². The minimum absolute atomic E-state index is 0.0772. The van der Waals surface area contributed by atoms with Crippen molar-refractivity contribution in [2.24, 2.45) is 28.6 Å². The third-order valence-corrected chi connectivity index (χ3v) is 9.02. The molecule has 6 nitrogen and oxygen atoms in total. The van der Waals surface area contributed by atoms with Gasteiger partial charge in [0, 0.05) is 11.5 Å². The summed E-state index contributed by atoms with van der Waals surface area (Å²) in [6.07, 6.45) is 5.26. The molecule has 0 radical (unpaired) electrons. The molecule has 27 heavy (non-hydrogen) atoms. The monoisotopic (exact) mass is 378 g/mol. The highest BCUT2D eigenvalue weighted by Crippen LogP contribution is 2.68. The van der Waals surface area contributed by atoms with Crippen LogP contribution in [0.3, 0.4) is 0 Å². The van der Waals surface area contributed by atoms with Crippen LogP contribution < -0.4 is 0 Å². The van der Waals surface area contributed by atoms with Gasteiger partial charge in [-0.25, -0.2) is 4.79 Å². The summed E-state index contributed by atoms with van der Waals surface area (Å²) < 4.78 is 5.11. The van der Waals surface area contributed by atoms with Crippen molar-refractivity contribution in [3.63, 3.8) is 0 Å². The number of esters is 1. The van der Waals surface area contributed by atoms with E-state index in [0.29, 0.717) is 38.7 Å². The molecule has 4 rings (SSSR count). The average Bonchev–Trinajstić information content (AvgIpc) is 3.11. The molecule has 4 aliphatic rings. The molecule has 0 aromatic carbocycles. The zero-order valence-electron chi connectivity index (χ0n) is 16.3. The number of ether oxygens (including phenoxy) is 1. The van der Waals surface area contributed by atoms with Crippen molar-refractivity contribution in [2.75, 3.05) is 6.61 Å². The van der Waals surface area contributed by atoms with Crippen molar-refractivity contribution < 1.29 is 29.6 Å². The Hall–Kier alpha value is -1.40. The number of carbonyl (C=O) groups is 2. The van der Waals surface area contributed by atoms with Gasteiger partial charge in [0.15, 0.2) is 0 Å². The first kappa shape index (κ1) is 18.9. The first-order chi connectivity index (χ1) is 12.5. The molecule has 0 saturated heterocycles. The highest BCUT2D eigenvalue weighted by atomic mass is 16.5. The Bertz CT molecular complexity index is 726. The van der Waals surface area contributed by atoms with E-state index in [0.717, 1.165) is 12.0 Å². The third-order valence-electron chi connectivity index (χ3n) is 9.02. The van der Waals surface area contributed by atoms with Crippen molar-refractivity contribution in [1.29, 1.82) is 0 Å². The molecule has 150 valence electrons. The molecule has 6 heteroatoms. The molecule has 3 fully saturated rings. The summed E-state index contributed by atoms with van der Waals surface area (Å²) in [5, 5.41) is 32.8. The second kappa shape index (κ2) is 5.57. The van der Waals surface area contributed by atoms with E-state index >= 15 is 0 Å². The lowest BCUT2D eigenvalue weighted by Gasteiger charge is -2.62. The molecular formula is C21H30O6. The van der Waals surface area contributed by atoms with E-state index in [1.807, 2.05) is 0 Å². The van der Waals surface area contributed by atoms with Gasteiger partial charge in [-0.1, -0.05) is 6.92 Å². The van der Waals surface area contributed by atoms with Gasteiger partial charge in [-0.15, -0.1) is 0 Å². The fourth-order valence-electron chi connectivity index (χ4n) is 7.06. The van der Waals surface area contributed by atoms with Gasteiger partial charge in [0.05, 0.1) is 16.6 Å². The summed E-state index contributed by atoms with van der Waals surface area (Å²) in [5.41, 5.74) is -3.01. The van der Waals surface area contributed by atoms with E-state index in [9.17, 15) is 24.9 Å². The number of rotatable bonds is 2. The molecule has 0 aromatic rings. The molecule has 0 spiro atoms. The number of aliphatic hydroxyl groups is 2. The Kier molecular flexibility index (Phi) is 3.91. The highest BCUT2D eigenvalue weighted by molar-refractivity contribution is 5.85. The number of carbonyl (C=O) groups excluding carboxylic acids is 1. The maximum Gasteiger partial charge on any atom is 0.331 e. The Labute approximate surface area is 159 Å². The van der Waals surface area contributed by atoms with E-state index in [-0.39, 0.29) is 23.7 Å². The maximum absolute atomic E-state index is 12.2. The second-order valence-electron chi connectivity index (χ2n) is 9.83. The molecule has 0 unspecified atom stereocenters. The van der Waals surface area contributed by atoms with E-state index in [2.05, 4.69) is 6.92 Å². The number of hydrogen-bond donors (Lipinski definition) is 3. The van der Waals surface area contributed by atoms with Crippen LogP contribution in [0.1, 0.15) is 59.3 Å². The standard InChI is InChI=1S/C21H30O6/c1-18-7-4-14-15(5-8-19(2,25)20(14,3)17(23)24)21(18,26)9-6-13(18)12-10-16(22)27-11-12/h10,13-15,25-26H,4-9,11H2,1-3H3,(H,23,24)/t13-,14-,15+,18+,19-,20-,21+/m0/s1. The van der Waals surface area contributed by atoms with Crippen LogP contribution >= 0.6 is 0 Å². The summed E-state index contributed by atoms with van der Waals surface area (Å²) in [5.74, 6) is -1.66. The topological polar surface area (TPSA) is 104 Å². The second-order valence-corrected chi connectivity index (χ2v) is 9.83. The predicted molar refractivity (Wildman–Crippen MR) is 96.6 cm³/mol. The van der Waals surface area contributed by atoms with Crippen molar-refractivity contribution in [3.8, 4) is 0 Å². The number of fused-ring (bicyclic) bond motifs is 3. The Morgan fingerprint density at radius 3 is 2.33 bits per heavy atom. The lowest BCUT2D eigenvalue weighted by Crippen LogP contribution is -2.67. The average molecular weight is 378 g/mol. The van der Waals surface area contributed by atoms with Gasteiger partial charge in [0.2, 0.25) is 0 Å². The summed E-state index contributed by atoms with van der Waals surface area (Å²) in [7, 11) is 0. The minimum atomic E-state index is -1.30. The van der Waals surface area contributed by atoms with Gasteiger partial charge < -0.3 is 20.1 Å². The fourth-order valence-corrected chi connectivity index (χ4v) is 7.06. The molecule has 3 saturated carbocycles. The highest BCUT2D eigenvalue weighted by Gasteiger charge is 2.70. The van der Waals surface area contributed by atoms with Crippen LogP contribution in [0.2, 0.25) is 0 Å². The molecule has 1 heterocycles. The lowest BCUT2D eigenvalue weighted by atomic mass is 9.44. The van der Waals surface area contributed by atoms with Crippen molar-refractivity contribution in [1.82, 2.24) is 0 Å². The smallest absolute Gasteiger partial charge is 0.331 e. The maximum atomic E-state index is 12.2. The van der Waals surface area contributed by atoms with Crippen LogP contribution in [0.4, 0.5) is 0 Å². The van der Waals surface area contributed by atoms with E-state index < -0.39 is 28.0 Å². The van der Waals surface area contributed by atoms with Crippen LogP contribution in [0.15, 0.2) is 11.6 Å². The first-order valence-electron chi connectivity index (χ1n) is 10.0. The third kappa shape index (κ3) is 2.20. The molecule has 0 bridgehead atoms. The first-order valence-corrected chi connectivity index (χ1v) is 10.0. The van der Waals surface area contributed by atoms with Gasteiger partial charge in [-0.2, -0.15) is 0 Å². The largest absolute Gasteiger partial charge is 0.481 e. The lowest BCUT2D eigenvalue weighted by molar-refractivity contribution is -0.236. The van der Waals surface area contributed by atoms with Crippen LogP contribution in [-0.4, -0.2) is 45.1 Å². The zero-order valence-corrected chi connectivity index (χ0v) is 16.3. The number of cyclic esters (lactones) is 1. The molecule has 3 aliphatic carbocycles. The van der Waals surface area contributed by atoms with E-state index in [1.165, 1.54) is 0 Å². The van der Waals surface area contributed by atoms with Crippen LogP contribution in [0, 0.1) is 28.6 Å². The molecule has 1 aliphatic heterocycles. The molecule has 3 N–H and O–H groups in total. The van der Waals surface area contributed by atoms with Crippen molar-refractivity contribution in [3.05, 3.63) is 11.6 Å². The number of hydrogen-bond acceptors (Lipinski definition) is 5. The molecule has 0 aromatic heterocycles. The number of carboxylic acids is 1. The Balaban J connectivity index is 1.73.